The van der Waals surface area contributed by atoms with Crippen molar-refractivity contribution in [3.8, 4) is 22.8 Å². The van der Waals surface area contributed by atoms with Gasteiger partial charge in [-0.3, -0.25) is 9.55 Å². The summed E-state index contributed by atoms with van der Waals surface area (Å²) in [5, 5.41) is 9.61. The molecule has 4 aromatic rings. The number of nitrogens with zero attached hydrogens (tertiary/aromatic N) is 4. The van der Waals surface area contributed by atoms with Gasteiger partial charge >= 0.3 is 0 Å². The van der Waals surface area contributed by atoms with Gasteiger partial charge in [-0.2, -0.15) is 0 Å². The second-order valence-corrected chi connectivity index (χ2v) is 9.09. The van der Waals surface area contributed by atoms with E-state index in [9.17, 15) is 5.11 Å². The monoisotopic (exact) mass is 412 g/mol. The molecule has 1 atom stereocenters. The molecule has 0 fully saturated rings. The van der Waals surface area contributed by atoms with Crippen LogP contribution in [0.3, 0.4) is 0 Å². The molecule has 0 amide bonds. The Hall–Kier alpha value is -3.47. The molecule has 31 heavy (non-hydrogen) atoms. The summed E-state index contributed by atoms with van der Waals surface area (Å²) >= 11 is 0. The maximum atomic E-state index is 9.61. The molecule has 4 rings (SSSR count). The zero-order chi connectivity index (χ0) is 22.2. The quantitative estimate of drug-likeness (QED) is 0.458. The van der Waals surface area contributed by atoms with E-state index in [1.54, 1.807) is 6.07 Å². The van der Waals surface area contributed by atoms with Gasteiger partial charge in [-0.1, -0.05) is 45.0 Å². The molecule has 1 aromatic carbocycles. The van der Waals surface area contributed by atoms with E-state index in [-0.39, 0.29) is 17.1 Å². The van der Waals surface area contributed by atoms with E-state index in [4.69, 9.17) is 0 Å². The number of rotatable bonds is 4. The topological polar surface area (TPSA) is 63.8 Å². The Morgan fingerprint density at radius 1 is 0.742 bits per heavy atom. The molecule has 0 aliphatic heterocycles. The van der Waals surface area contributed by atoms with Gasteiger partial charge in [0.05, 0.1) is 6.20 Å². The first kappa shape index (κ1) is 20.8. The highest BCUT2D eigenvalue weighted by Crippen LogP contribution is 2.40. The van der Waals surface area contributed by atoms with Crippen molar-refractivity contribution in [3.05, 3.63) is 89.8 Å². The fourth-order valence-electron chi connectivity index (χ4n) is 4.12. The molecule has 0 spiro atoms. The van der Waals surface area contributed by atoms with E-state index in [0.717, 1.165) is 28.2 Å². The third-order valence-electron chi connectivity index (χ3n) is 5.62. The Balaban J connectivity index is 1.63. The first-order valence-corrected chi connectivity index (χ1v) is 10.5. The van der Waals surface area contributed by atoms with Crippen LogP contribution in [0.5, 0.6) is 5.75 Å². The molecular weight excluding hydrogens is 384 g/mol. The van der Waals surface area contributed by atoms with Crippen LogP contribution >= 0.6 is 0 Å². The Labute approximate surface area is 183 Å². The molecule has 0 aliphatic carbocycles. The first-order valence-electron chi connectivity index (χ1n) is 10.5. The van der Waals surface area contributed by atoms with Crippen LogP contribution in [-0.2, 0) is 0 Å². The predicted molar refractivity (Wildman–Crippen MR) is 123 cm³/mol. The summed E-state index contributed by atoms with van der Waals surface area (Å²) in [4.78, 5) is 13.7. The summed E-state index contributed by atoms with van der Waals surface area (Å²) in [6.07, 6.45) is 5.26. The normalized spacial score (nSPS) is 12.7. The highest BCUT2D eigenvalue weighted by Gasteiger charge is 2.29. The number of aryl methyl sites for hydroxylation is 2. The number of aromatic nitrogens is 4. The Morgan fingerprint density at radius 3 is 1.87 bits per heavy atom. The standard InChI is InChI=1S/C26H28N4O/c1-17-6-7-18(2)30(17)25-28-14-21(15-29-25)19-8-10-20(11-9-19)24(26(3,4)5)23-13-12-22(31)16-27-23/h6-16,24,31H,1-5H3. The van der Waals surface area contributed by atoms with Crippen LogP contribution in [0.25, 0.3) is 17.1 Å². The lowest BCUT2D eigenvalue weighted by Crippen LogP contribution is -2.20. The minimum absolute atomic E-state index is 0.0251. The Morgan fingerprint density at radius 2 is 1.35 bits per heavy atom. The molecule has 0 saturated heterocycles. The van der Waals surface area contributed by atoms with Crippen LogP contribution in [0, 0.1) is 19.3 Å². The van der Waals surface area contributed by atoms with Crippen LogP contribution in [0.15, 0.2) is 67.1 Å². The summed E-state index contributed by atoms with van der Waals surface area (Å²) in [6, 6.07) is 16.2. The number of pyridine rings is 1. The van der Waals surface area contributed by atoms with Crippen LogP contribution in [0.4, 0.5) is 0 Å². The smallest absolute Gasteiger partial charge is 0.234 e. The van der Waals surface area contributed by atoms with Crippen molar-refractivity contribution in [1.29, 1.82) is 0 Å². The van der Waals surface area contributed by atoms with Gasteiger partial charge in [0.15, 0.2) is 0 Å². The van der Waals surface area contributed by atoms with Crippen molar-refractivity contribution in [2.45, 2.75) is 40.5 Å². The molecule has 3 heterocycles. The van der Waals surface area contributed by atoms with E-state index in [2.05, 4.69) is 86.0 Å². The number of benzene rings is 1. The largest absolute Gasteiger partial charge is 0.506 e. The van der Waals surface area contributed by atoms with Crippen molar-refractivity contribution in [2.75, 3.05) is 0 Å². The summed E-state index contributed by atoms with van der Waals surface area (Å²) in [7, 11) is 0. The van der Waals surface area contributed by atoms with E-state index in [1.807, 2.05) is 23.0 Å². The molecule has 158 valence electrons. The zero-order valence-electron chi connectivity index (χ0n) is 18.7. The van der Waals surface area contributed by atoms with Gasteiger partial charge in [-0.15, -0.1) is 0 Å². The first-order chi connectivity index (χ1) is 14.7. The zero-order valence-corrected chi connectivity index (χ0v) is 18.7. The van der Waals surface area contributed by atoms with Crippen LogP contribution in [0.1, 0.15) is 49.3 Å². The van der Waals surface area contributed by atoms with Crippen LogP contribution in [-0.4, -0.2) is 24.6 Å². The highest BCUT2D eigenvalue weighted by atomic mass is 16.3. The van der Waals surface area contributed by atoms with E-state index in [1.165, 1.54) is 11.8 Å². The average Bonchev–Trinajstić information content (AvgIpc) is 3.07. The van der Waals surface area contributed by atoms with Crippen molar-refractivity contribution in [3.63, 3.8) is 0 Å². The number of hydrogen-bond acceptors (Lipinski definition) is 4. The Bertz CT molecular complexity index is 1150. The minimum atomic E-state index is -0.0251. The average molecular weight is 413 g/mol. The predicted octanol–water partition coefficient (Wildman–Crippen LogP) is 5.83. The maximum absolute atomic E-state index is 9.61. The molecule has 0 aliphatic rings. The molecule has 0 saturated carbocycles. The molecular formula is C26H28N4O. The summed E-state index contributed by atoms with van der Waals surface area (Å²) < 4.78 is 2.05. The van der Waals surface area contributed by atoms with Crippen molar-refractivity contribution in [2.24, 2.45) is 5.41 Å². The second-order valence-electron chi connectivity index (χ2n) is 9.09. The van der Waals surface area contributed by atoms with E-state index < -0.39 is 0 Å². The minimum Gasteiger partial charge on any atom is -0.506 e. The summed E-state index contributed by atoms with van der Waals surface area (Å²) in [6.45, 7) is 10.7. The van der Waals surface area contributed by atoms with Gasteiger partial charge < -0.3 is 5.11 Å². The SMILES string of the molecule is Cc1ccc(C)n1-c1ncc(-c2ccc(C(c3ccc(O)cn3)C(C)(C)C)cc2)cn1. The lowest BCUT2D eigenvalue weighted by molar-refractivity contribution is 0.352. The lowest BCUT2D eigenvalue weighted by atomic mass is 9.74. The summed E-state index contributed by atoms with van der Waals surface area (Å²) in [5.41, 5.74) is 6.39. The molecule has 0 radical (unpaired) electrons. The molecule has 5 heteroatoms. The van der Waals surface area contributed by atoms with Gasteiger partial charge in [-0.25, -0.2) is 9.97 Å². The third-order valence-corrected chi connectivity index (χ3v) is 5.62. The van der Waals surface area contributed by atoms with Gasteiger partial charge in [0.2, 0.25) is 5.95 Å². The van der Waals surface area contributed by atoms with Crippen LogP contribution < -0.4 is 0 Å². The molecule has 1 unspecified atom stereocenters. The third kappa shape index (κ3) is 4.22. The fraction of sp³-hybridized carbons (Fsp3) is 0.269. The molecule has 3 aromatic heterocycles. The van der Waals surface area contributed by atoms with Crippen LogP contribution in [0.2, 0.25) is 0 Å². The number of aromatic hydroxyl groups is 1. The highest BCUT2D eigenvalue weighted by molar-refractivity contribution is 5.62. The lowest BCUT2D eigenvalue weighted by Gasteiger charge is -2.31. The fourth-order valence-corrected chi connectivity index (χ4v) is 4.12. The van der Waals surface area contributed by atoms with Gasteiger partial charge in [-0.05, 0) is 54.7 Å². The van der Waals surface area contributed by atoms with E-state index in [0.29, 0.717) is 5.95 Å². The van der Waals surface area contributed by atoms with Crippen molar-refractivity contribution >= 4 is 0 Å². The molecule has 0 bridgehead atoms. The van der Waals surface area contributed by atoms with E-state index >= 15 is 0 Å². The van der Waals surface area contributed by atoms with Crippen molar-refractivity contribution < 1.29 is 5.11 Å². The second kappa shape index (κ2) is 7.99. The number of hydrogen-bond donors (Lipinski definition) is 1. The van der Waals surface area contributed by atoms with Gasteiger partial charge in [0.1, 0.15) is 5.75 Å². The molecule has 1 N–H and O–H groups in total. The summed E-state index contributed by atoms with van der Waals surface area (Å²) in [5.74, 6) is 0.979. The maximum Gasteiger partial charge on any atom is 0.234 e. The Kier molecular flexibility index (Phi) is 5.36. The van der Waals surface area contributed by atoms with Gasteiger partial charge in [0, 0.05) is 41.0 Å². The van der Waals surface area contributed by atoms with Crippen molar-refractivity contribution in [1.82, 2.24) is 19.5 Å². The molecule has 5 nitrogen and oxygen atoms in total. The van der Waals surface area contributed by atoms with Gasteiger partial charge in [0.25, 0.3) is 0 Å².